The van der Waals surface area contributed by atoms with Gasteiger partial charge in [0.1, 0.15) is 11.5 Å². The second kappa shape index (κ2) is 6.58. The fraction of sp³-hybridized carbons (Fsp3) is 0.294. The quantitative estimate of drug-likeness (QED) is 0.944. The number of amides is 1. The molecule has 3 rings (SSSR count). The number of ether oxygens (including phenoxy) is 1. The standard InChI is InChI=1S/C17H19N3O2/c18-14-4-2-10-20(12-14)17(21)13-3-1-5-16(11-13)22-15-6-8-19-9-7-15/h1,3,5-9,11,14H,2,4,10,12,18H2/t14-/m0/s1. The van der Waals surface area contributed by atoms with Crippen molar-refractivity contribution >= 4 is 5.91 Å². The van der Waals surface area contributed by atoms with Crippen molar-refractivity contribution in [1.82, 2.24) is 9.88 Å². The average molecular weight is 297 g/mol. The van der Waals surface area contributed by atoms with E-state index in [-0.39, 0.29) is 11.9 Å². The first-order valence-corrected chi connectivity index (χ1v) is 7.45. The van der Waals surface area contributed by atoms with Gasteiger partial charge in [0.25, 0.3) is 5.91 Å². The van der Waals surface area contributed by atoms with Gasteiger partial charge in [0, 0.05) is 37.1 Å². The van der Waals surface area contributed by atoms with E-state index in [9.17, 15) is 4.79 Å². The Hall–Kier alpha value is -2.40. The first-order chi connectivity index (χ1) is 10.7. The van der Waals surface area contributed by atoms with Crippen LogP contribution in [-0.2, 0) is 0 Å². The van der Waals surface area contributed by atoms with Gasteiger partial charge in [-0.1, -0.05) is 6.07 Å². The highest BCUT2D eigenvalue weighted by molar-refractivity contribution is 5.94. The number of carbonyl (C=O) groups excluding carboxylic acids is 1. The summed E-state index contributed by atoms with van der Waals surface area (Å²) in [6.07, 6.45) is 5.27. The molecule has 1 aliphatic heterocycles. The van der Waals surface area contributed by atoms with E-state index in [1.54, 1.807) is 30.6 Å². The lowest BCUT2D eigenvalue weighted by atomic mass is 10.1. The first-order valence-electron chi connectivity index (χ1n) is 7.45. The van der Waals surface area contributed by atoms with Crippen LogP contribution in [0.4, 0.5) is 0 Å². The van der Waals surface area contributed by atoms with Gasteiger partial charge in [0.05, 0.1) is 0 Å². The Bertz CT molecular complexity index is 645. The smallest absolute Gasteiger partial charge is 0.254 e. The van der Waals surface area contributed by atoms with E-state index in [4.69, 9.17) is 10.5 Å². The predicted molar refractivity (Wildman–Crippen MR) is 83.9 cm³/mol. The van der Waals surface area contributed by atoms with Crippen LogP contribution < -0.4 is 10.5 Å². The van der Waals surface area contributed by atoms with Gasteiger partial charge in [-0.25, -0.2) is 0 Å². The number of hydrogen-bond donors (Lipinski definition) is 1. The molecule has 1 saturated heterocycles. The maximum atomic E-state index is 12.6. The van der Waals surface area contributed by atoms with Gasteiger partial charge in [-0.05, 0) is 43.2 Å². The molecule has 2 N–H and O–H groups in total. The van der Waals surface area contributed by atoms with Gasteiger partial charge >= 0.3 is 0 Å². The van der Waals surface area contributed by atoms with Gasteiger partial charge in [0.15, 0.2) is 0 Å². The van der Waals surface area contributed by atoms with E-state index < -0.39 is 0 Å². The molecule has 0 spiro atoms. The van der Waals surface area contributed by atoms with Crippen LogP contribution in [0.15, 0.2) is 48.8 Å². The lowest BCUT2D eigenvalue weighted by molar-refractivity contribution is 0.0708. The minimum Gasteiger partial charge on any atom is -0.457 e. The van der Waals surface area contributed by atoms with Crippen molar-refractivity contribution in [2.45, 2.75) is 18.9 Å². The van der Waals surface area contributed by atoms with E-state index >= 15 is 0 Å². The van der Waals surface area contributed by atoms with Crippen LogP contribution in [0.2, 0.25) is 0 Å². The van der Waals surface area contributed by atoms with Gasteiger partial charge in [-0.3, -0.25) is 9.78 Å². The molecule has 1 atom stereocenters. The molecule has 0 aliphatic carbocycles. The van der Waals surface area contributed by atoms with Crippen LogP contribution in [0.5, 0.6) is 11.5 Å². The van der Waals surface area contributed by atoms with E-state index in [1.807, 2.05) is 23.1 Å². The molecule has 22 heavy (non-hydrogen) atoms. The number of piperidine rings is 1. The third kappa shape index (κ3) is 3.43. The number of nitrogens with two attached hydrogens (primary N) is 1. The van der Waals surface area contributed by atoms with E-state index in [2.05, 4.69) is 4.98 Å². The molecule has 0 unspecified atom stereocenters. The zero-order chi connectivity index (χ0) is 15.4. The van der Waals surface area contributed by atoms with Gasteiger partial charge in [-0.15, -0.1) is 0 Å². The molecule has 2 heterocycles. The zero-order valence-electron chi connectivity index (χ0n) is 12.3. The Morgan fingerprint density at radius 2 is 2.05 bits per heavy atom. The predicted octanol–water partition coefficient (Wildman–Crippen LogP) is 2.44. The molecule has 0 radical (unpaired) electrons. The van der Waals surface area contributed by atoms with Crippen molar-refractivity contribution < 1.29 is 9.53 Å². The molecule has 1 aromatic heterocycles. The molecule has 0 bridgehead atoms. The minimum absolute atomic E-state index is 0.00956. The van der Waals surface area contributed by atoms with Gasteiger partial charge in [0.2, 0.25) is 0 Å². The van der Waals surface area contributed by atoms with Crippen LogP contribution in [0.1, 0.15) is 23.2 Å². The summed E-state index contributed by atoms with van der Waals surface area (Å²) in [5, 5.41) is 0. The number of nitrogens with zero attached hydrogens (tertiary/aromatic N) is 2. The van der Waals surface area contributed by atoms with E-state index in [1.165, 1.54) is 0 Å². The summed E-state index contributed by atoms with van der Waals surface area (Å²) >= 11 is 0. The Morgan fingerprint density at radius 3 is 2.82 bits per heavy atom. The molecule has 2 aromatic rings. The fourth-order valence-corrected chi connectivity index (χ4v) is 2.61. The summed E-state index contributed by atoms with van der Waals surface area (Å²) in [6, 6.07) is 10.9. The van der Waals surface area contributed by atoms with Crippen molar-refractivity contribution in [1.29, 1.82) is 0 Å². The highest BCUT2D eigenvalue weighted by atomic mass is 16.5. The van der Waals surface area contributed by atoms with Gasteiger partial charge in [-0.2, -0.15) is 0 Å². The fourth-order valence-electron chi connectivity index (χ4n) is 2.61. The Balaban J connectivity index is 1.74. The third-order valence-electron chi connectivity index (χ3n) is 3.71. The summed E-state index contributed by atoms with van der Waals surface area (Å²) in [5.74, 6) is 1.34. The van der Waals surface area contributed by atoms with Crippen LogP contribution in [0, 0.1) is 0 Å². The molecular weight excluding hydrogens is 278 g/mol. The molecule has 1 amide bonds. The van der Waals surface area contributed by atoms with Crippen molar-refractivity contribution in [2.24, 2.45) is 5.73 Å². The number of pyridine rings is 1. The summed E-state index contributed by atoms with van der Waals surface area (Å²) in [5.41, 5.74) is 6.57. The van der Waals surface area contributed by atoms with Crippen LogP contribution in [0.3, 0.4) is 0 Å². The highest BCUT2D eigenvalue weighted by Crippen LogP contribution is 2.22. The highest BCUT2D eigenvalue weighted by Gasteiger charge is 2.22. The second-order valence-electron chi connectivity index (χ2n) is 5.47. The summed E-state index contributed by atoms with van der Waals surface area (Å²) in [7, 11) is 0. The first kappa shape index (κ1) is 14.5. The van der Waals surface area contributed by atoms with E-state index in [0.29, 0.717) is 23.6 Å². The number of hydrogen-bond acceptors (Lipinski definition) is 4. The van der Waals surface area contributed by atoms with Crippen molar-refractivity contribution in [3.8, 4) is 11.5 Å². The Morgan fingerprint density at radius 1 is 1.23 bits per heavy atom. The van der Waals surface area contributed by atoms with Crippen molar-refractivity contribution in [2.75, 3.05) is 13.1 Å². The number of rotatable bonds is 3. The molecule has 5 heteroatoms. The number of likely N-dealkylation sites (tertiary alicyclic amines) is 1. The molecule has 0 saturated carbocycles. The van der Waals surface area contributed by atoms with E-state index in [0.717, 1.165) is 19.4 Å². The molecule has 5 nitrogen and oxygen atoms in total. The Labute approximate surface area is 129 Å². The molecular formula is C17H19N3O2. The number of benzene rings is 1. The molecule has 1 aliphatic rings. The van der Waals surface area contributed by atoms with Crippen molar-refractivity contribution in [3.63, 3.8) is 0 Å². The molecule has 114 valence electrons. The minimum atomic E-state index is 0.00956. The summed E-state index contributed by atoms with van der Waals surface area (Å²) in [6.45, 7) is 1.39. The number of aromatic nitrogens is 1. The second-order valence-corrected chi connectivity index (χ2v) is 5.47. The lowest BCUT2D eigenvalue weighted by Gasteiger charge is -2.30. The number of carbonyl (C=O) groups is 1. The molecule has 1 aromatic carbocycles. The lowest BCUT2D eigenvalue weighted by Crippen LogP contribution is -2.45. The summed E-state index contributed by atoms with van der Waals surface area (Å²) < 4.78 is 5.74. The monoisotopic (exact) mass is 297 g/mol. The Kier molecular flexibility index (Phi) is 4.34. The average Bonchev–Trinajstić information content (AvgIpc) is 2.55. The maximum absolute atomic E-state index is 12.6. The zero-order valence-corrected chi connectivity index (χ0v) is 12.3. The summed E-state index contributed by atoms with van der Waals surface area (Å²) in [4.78, 5) is 18.3. The van der Waals surface area contributed by atoms with Crippen LogP contribution >= 0.6 is 0 Å². The van der Waals surface area contributed by atoms with Crippen LogP contribution in [0.25, 0.3) is 0 Å². The van der Waals surface area contributed by atoms with Crippen LogP contribution in [-0.4, -0.2) is 34.9 Å². The topological polar surface area (TPSA) is 68.5 Å². The normalized spacial score (nSPS) is 18.0. The third-order valence-corrected chi connectivity index (χ3v) is 3.71. The molecule has 1 fully saturated rings. The maximum Gasteiger partial charge on any atom is 0.254 e. The largest absolute Gasteiger partial charge is 0.457 e. The SMILES string of the molecule is N[C@H]1CCCN(C(=O)c2cccc(Oc3ccncc3)c2)C1. The van der Waals surface area contributed by atoms with Gasteiger partial charge < -0.3 is 15.4 Å². The van der Waals surface area contributed by atoms with Crippen molar-refractivity contribution in [3.05, 3.63) is 54.4 Å².